The molecule has 2 bridgehead atoms. The number of aliphatic carboxylic acids is 1. The third kappa shape index (κ3) is 2.32. The van der Waals surface area contributed by atoms with E-state index in [1.165, 1.54) is 12.1 Å². The number of hydrogen-bond donors (Lipinski definition) is 1. The van der Waals surface area contributed by atoms with Crippen molar-refractivity contribution in [2.45, 2.75) is 5.51 Å². The van der Waals surface area contributed by atoms with E-state index in [0.29, 0.717) is 5.22 Å². The predicted molar refractivity (Wildman–Crippen MR) is 70.3 cm³/mol. The van der Waals surface area contributed by atoms with Crippen LogP contribution < -0.4 is 10.4 Å². The largest absolute Gasteiger partial charge is 0.534 e. The summed E-state index contributed by atoms with van der Waals surface area (Å²) in [7, 11) is -5.95. The average molecular weight is 348 g/mol. The summed E-state index contributed by atoms with van der Waals surface area (Å²) in [5.74, 6) is -1.45. The minimum Gasteiger partial charge on any atom is -0.477 e. The van der Waals surface area contributed by atoms with Crippen molar-refractivity contribution in [3.05, 3.63) is 34.7 Å². The molecule has 2 aliphatic rings. The molecule has 0 saturated carbocycles. The lowest BCUT2D eigenvalue weighted by atomic mass is 10.1. The second-order valence-electron chi connectivity index (χ2n) is 4.61. The van der Waals surface area contributed by atoms with E-state index in [1.807, 2.05) is 0 Å². The Morgan fingerprint density at radius 2 is 1.87 bits per heavy atom. The standard InChI is InChI=1S/C12H7F3N2O5S/c13-12(14,15)23(20,21)22-11-16-8-5-17(11)9(10(18)19)7-4-2-1-3-6(7)8/h1-4H,5H2,(H,18,19). The topological polar surface area (TPSA) is 96.3 Å². The highest BCUT2D eigenvalue weighted by molar-refractivity contribution is 7.88. The van der Waals surface area contributed by atoms with Crippen LogP contribution >= 0.6 is 0 Å². The monoisotopic (exact) mass is 348 g/mol. The zero-order chi connectivity index (χ0) is 17.0. The van der Waals surface area contributed by atoms with Crippen LogP contribution in [0.25, 0.3) is 11.4 Å². The van der Waals surface area contributed by atoms with Gasteiger partial charge in [0.25, 0.3) is 0 Å². The first kappa shape index (κ1) is 15.3. The van der Waals surface area contributed by atoms with Gasteiger partial charge in [0, 0.05) is 10.4 Å². The van der Waals surface area contributed by atoms with E-state index in [9.17, 15) is 31.5 Å². The summed E-state index contributed by atoms with van der Waals surface area (Å²) in [6.07, 6.45) is 0. The first-order valence-corrected chi connectivity index (χ1v) is 7.45. The van der Waals surface area contributed by atoms with Gasteiger partial charge in [-0.05, 0) is 0 Å². The molecular formula is C12H7F3N2O5S. The third-order valence-electron chi connectivity index (χ3n) is 3.20. The summed E-state index contributed by atoms with van der Waals surface area (Å²) in [5, 5.41) is 9.92. The highest BCUT2D eigenvalue weighted by Crippen LogP contribution is 2.28. The first-order valence-electron chi connectivity index (χ1n) is 6.04. The van der Waals surface area contributed by atoms with E-state index < -0.39 is 33.3 Å². The minimum atomic E-state index is -5.95. The maximum Gasteiger partial charge on any atom is 0.534 e. The van der Waals surface area contributed by atoms with Crippen LogP contribution in [0.2, 0.25) is 0 Å². The number of halogens is 3. The summed E-state index contributed by atoms with van der Waals surface area (Å²) in [6.45, 7) is -0.193. The van der Waals surface area contributed by atoms with Crippen molar-refractivity contribution >= 4 is 33.5 Å². The Bertz CT molecular complexity index is 965. The number of carboxylic acids is 1. The first-order chi connectivity index (χ1) is 10.6. The number of alkyl halides is 3. The molecule has 0 atom stereocenters. The molecule has 0 aliphatic carbocycles. The van der Waals surface area contributed by atoms with E-state index in [1.54, 1.807) is 12.1 Å². The van der Waals surface area contributed by atoms with E-state index in [0.717, 1.165) is 4.90 Å². The van der Waals surface area contributed by atoms with Crippen LogP contribution in [0.15, 0.2) is 29.3 Å². The lowest BCUT2D eigenvalue weighted by molar-refractivity contribution is -0.131. The summed E-state index contributed by atoms with van der Waals surface area (Å²) in [4.78, 5) is 15.9. The molecule has 2 heterocycles. The van der Waals surface area contributed by atoms with Crippen molar-refractivity contribution in [1.29, 1.82) is 0 Å². The molecule has 7 nitrogen and oxygen atoms in total. The van der Waals surface area contributed by atoms with Crippen molar-refractivity contribution < 1.29 is 35.7 Å². The molecule has 0 radical (unpaired) electrons. The fraction of sp³-hybridized carbons (Fsp3) is 0.167. The number of carboxylic acid groups (broad SMARTS) is 1. The Labute approximate surface area is 126 Å². The molecule has 1 aromatic rings. The molecule has 0 aromatic heterocycles. The molecule has 3 rings (SSSR count). The van der Waals surface area contributed by atoms with E-state index >= 15 is 0 Å². The summed E-state index contributed by atoms with van der Waals surface area (Å²) in [5.41, 5.74) is -5.83. The van der Waals surface area contributed by atoms with Gasteiger partial charge in [0.1, 0.15) is 5.70 Å². The number of hydrogen-bond acceptors (Lipinski definition) is 6. The molecule has 0 saturated heterocycles. The molecule has 0 unspecified atom stereocenters. The molecular weight excluding hydrogens is 341 g/mol. The van der Waals surface area contributed by atoms with Crippen molar-refractivity contribution in [3.8, 4) is 0 Å². The Kier molecular flexibility index (Phi) is 3.15. The molecule has 0 fully saturated rings. The number of benzene rings is 1. The van der Waals surface area contributed by atoms with Crippen molar-refractivity contribution in [3.63, 3.8) is 0 Å². The summed E-state index contributed by atoms with van der Waals surface area (Å²) in [6, 6.07) is 5.19. The second-order valence-corrected chi connectivity index (χ2v) is 6.15. The van der Waals surface area contributed by atoms with Gasteiger partial charge in [-0.25, -0.2) is 4.79 Å². The number of amidine groups is 1. The molecule has 2 aliphatic heterocycles. The smallest absolute Gasteiger partial charge is 0.477 e. The van der Waals surface area contributed by atoms with Crippen LogP contribution in [0, 0.1) is 0 Å². The van der Waals surface area contributed by atoms with Crippen LogP contribution in [0.4, 0.5) is 13.2 Å². The Hall–Kier alpha value is -2.56. The molecule has 11 heteroatoms. The number of nitrogens with zero attached hydrogens (tertiary/aromatic N) is 2. The lowest BCUT2D eigenvalue weighted by Gasteiger charge is -2.22. The number of aliphatic imine (C=N–C) groups is 1. The minimum absolute atomic E-state index is 0.193. The van der Waals surface area contributed by atoms with Gasteiger partial charge in [-0.3, -0.25) is 4.90 Å². The average Bonchev–Trinajstić information content (AvgIpc) is 2.76. The Morgan fingerprint density at radius 3 is 2.43 bits per heavy atom. The van der Waals surface area contributed by atoms with Crippen molar-refractivity contribution in [1.82, 2.24) is 4.90 Å². The normalized spacial score (nSPS) is 17.0. The van der Waals surface area contributed by atoms with E-state index in [-0.39, 0.29) is 17.5 Å². The van der Waals surface area contributed by atoms with Crippen molar-refractivity contribution in [2.24, 2.45) is 4.99 Å². The fourth-order valence-electron chi connectivity index (χ4n) is 2.27. The fourth-order valence-corrected chi connectivity index (χ4v) is 2.69. The zero-order valence-corrected chi connectivity index (χ0v) is 11.8. The van der Waals surface area contributed by atoms with Crippen molar-refractivity contribution in [2.75, 3.05) is 6.54 Å². The second kappa shape index (κ2) is 4.72. The molecule has 0 amide bonds. The van der Waals surface area contributed by atoms with Gasteiger partial charge in [-0.2, -0.15) is 26.6 Å². The van der Waals surface area contributed by atoms with Crippen LogP contribution in [-0.4, -0.2) is 42.5 Å². The SMILES string of the molecule is O=C(O)C1=c2ccccc2=C2CN1C(OS(=O)(=O)C(F)(F)F)=N2. The maximum atomic E-state index is 12.4. The zero-order valence-electron chi connectivity index (χ0n) is 11.0. The van der Waals surface area contributed by atoms with Crippen LogP contribution in [0.1, 0.15) is 0 Å². The van der Waals surface area contributed by atoms with Crippen LogP contribution in [0.5, 0.6) is 0 Å². The maximum absolute atomic E-state index is 12.4. The number of fused-ring (bicyclic) bond motifs is 3. The van der Waals surface area contributed by atoms with E-state index in [4.69, 9.17) is 0 Å². The van der Waals surface area contributed by atoms with Gasteiger partial charge in [0.05, 0.1) is 12.2 Å². The highest BCUT2D eigenvalue weighted by atomic mass is 32.2. The van der Waals surface area contributed by atoms with E-state index in [2.05, 4.69) is 9.18 Å². The van der Waals surface area contributed by atoms with Crippen LogP contribution in [0.3, 0.4) is 0 Å². The van der Waals surface area contributed by atoms with Gasteiger partial charge in [0.15, 0.2) is 0 Å². The molecule has 1 aromatic carbocycles. The Morgan fingerprint density at radius 1 is 1.26 bits per heavy atom. The van der Waals surface area contributed by atoms with Gasteiger partial charge in [-0.1, -0.05) is 24.3 Å². The highest BCUT2D eigenvalue weighted by Gasteiger charge is 2.51. The summed E-state index contributed by atoms with van der Waals surface area (Å²) < 4.78 is 63.6. The van der Waals surface area contributed by atoms with Gasteiger partial charge >= 0.3 is 27.6 Å². The number of rotatable bonds is 2. The predicted octanol–water partition coefficient (Wildman–Crippen LogP) is -0.461. The molecule has 0 spiro atoms. The Balaban J connectivity index is 2.17. The molecule has 1 N–H and O–H groups in total. The van der Waals surface area contributed by atoms with Crippen LogP contribution in [-0.2, 0) is 19.1 Å². The quantitative estimate of drug-likeness (QED) is 0.574. The van der Waals surface area contributed by atoms with Gasteiger partial charge in [-0.15, -0.1) is 0 Å². The molecule has 23 heavy (non-hydrogen) atoms. The van der Waals surface area contributed by atoms with Gasteiger partial charge in [0.2, 0.25) is 0 Å². The third-order valence-corrected chi connectivity index (χ3v) is 4.14. The molecule has 122 valence electrons. The number of carbonyl (C=O) groups is 1. The lowest BCUT2D eigenvalue weighted by Crippen LogP contribution is -2.45. The van der Waals surface area contributed by atoms with Gasteiger partial charge < -0.3 is 9.29 Å². The summed E-state index contributed by atoms with van der Waals surface area (Å²) >= 11 is 0.